The number of carboxylic acids is 2. The van der Waals surface area contributed by atoms with Crippen molar-refractivity contribution in [1.82, 2.24) is 10.8 Å². The molecular formula is C9H19N3O4. The molecule has 0 saturated heterocycles. The fourth-order valence-corrected chi connectivity index (χ4v) is 0.982. The maximum atomic E-state index is 10.9. The van der Waals surface area contributed by atoms with Crippen LogP contribution in [0.3, 0.4) is 0 Å². The van der Waals surface area contributed by atoms with E-state index in [4.69, 9.17) is 17.4 Å². The standard InChI is InChI=1S/C9H19N3O4/c1-6(8(13)14)11-12-7(9(15)16)4-2-3-5-10/h6-7,11-12H,2-5,10H2,1H3,(H,13,14)(H,15,16)/t6-,7-/m0/s1/i/hD. The van der Waals surface area contributed by atoms with Crippen molar-refractivity contribution in [3.8, 4) is 0 Å². The number of nitrogens with two attached hydrogens (primary N) is 1. The van der Waals surface area contributed by atoms with Crippen molar-refractivity contribution in [2.75, 3.05) is 6.54 Å². The summed E-state index contributed by atoms with van der Waals surface area (Å²) in [5.41, 5.74) is 8.14. The van der Waals surface area contributed by atoms with Gasteiger partial charge in [-0.05, 0) is 32.7 Å². The average Bonchev–Trinajstić information content (AvgIpc) is 2.23. The molecule has 0 fully saturated rings. The largest absolute Gasteiger partial charge is 0.480 e. The Balaban J connectivity index is 4.28. The second-order valence-corrected chi connectivity index (χ2v) is 3.46. The third-order valence-electron chi connectivity index (χ3n) is 2.01. The van der Waals surface area contributed by atoms with Crippen LogP contribution in [0.25, 0.3) is 0 Å². The van der Waals surface area contributed by atoms with E-state index in [-0.39, 0.29) is 6.42 Å². The van der Waals surface area contributed by atoms with Gasteiger partial charge in [-0.15, -0.1) is 0 Å². The maximum absolute atomic E-state index is 10.9. The molecule has 0 aromatic rings. The van der Waals surface area contributed by atoms with E-state index in [0.29, 0.717) is 24.8 Å². The van der Waals surface area contributed by atoms with Crippen LogP contribution in [0.5, 0.6) is 0 Å². The Morgan fingerprint density at radius 2 is 2.00 bits per heavy atom. The number of unbranched alkanes of at least 4 members (excludes halogenated alkanes) is 1. The molecule has 7 heteroatoms. The van der Waals surface area contributed by atoms with Crippen LogP contribution >= 0.6 is 0 Å². The molecule has 0 bridgehead atoms. The van der Waals surface area contributed by atoms with Crippen LogP contribution in [0.1, 0.15) is 26.2 Å². The van der Waals surface area contributed by atoms with Gasteiger partial charge in [-0.25, -0.2) is 10.8 Å². The monoisotopic (exact) mass is 234 g/mol. The van der Waals surface area contributed by atoms with Gasteiger partial charge in [-0.2, -0.15) is 0 Å². The van der Waals surface area contributed by atoms with E-state index in [1.54, 1.807) is 0 Å². The van der Waals surface area contributed by atoms with E-state index in [0.717, 1.165) is 0 Å². The molecule has 94 valence electrons. The van der Waals surface area contributed by atoms with E-state index >= 15 is 0 Å². The SMILES string of the molecule is [2H]N(N[C@@H](C)C(=O)O)[C@@H](CCCCN)C(=O)O. The van der Waals surface area contributed by atoms with Crippen molar-refractivity contribution in [3.05, 3.63) is 0 Å². The summed E-state index contributed by atoms with van der Waals surface area (Å²) in [4.78, 5) is 21.5. The number of aliphatic carboxylic acids is 2. The molecule has 0 aliphatic heterocycles. The van der Waals surface area contributed by atoms with Gasteiger partial charge in [0.15, 0.2) is 0 Å². The number of carbonyl (C=O) groups is 2. The fourth-order valence-electron chi connectivity index (χ4n) is 0.982. The van der Waals surface area contributed by atoms with Gasteiger partial charge in [0.2, 0.25) is 0 Å². The fraction of sp³-hybridized carbons (Fsp3) is 0.778. The molecule has 0 aliphatic rings. The lowest BCUT2D eigenvalue weighted by Gasteiger charge is -2.17. The normalized spacial score (nSPS) is 15.6. The highest BCUT2D eigenvalue weighted by Crippen LogP contribution is 1.99. The summed E-state index contributed by atoms with van der Waals surface area (Å²) in [5, 5.41) is 17.5. The summed E-state index contributed by atoms with van der Waals surface area (Å²) in [7, 11) is 0. The van der Waals surface area contributed by atoms with Crippen molar-refractivity contribution >= 4 is 11.9 Å². The molecule has 7 nitrogen and oxygen atoms in total. The molecule has 0 amide bonds. The van der Waals surface area contributed by atoms with Gasteiger partial charge in [-0.3, -0.25) is 9.59 Å². The van der Waals surface area contributed by atoms with Crippen LogP contribution in [0.4, 0.5) is 0 Å². The van der Waals surface area contributed by atoms with Crippen LogP contribution < -0.4 is 16.6 Å². The third kappa shape index (κ3) is 6.33. The Morgan fingerprint density at radius 1 is 1.38 bits per heavy atom. The Morgan fingerprint density at radius 3 is 2.44 bits per heavy atom. The Bertz CT molecular complexity index is 265. The van der Waals surface area contributed by atoms with Crippen LogP contribution in [-0.2, 0) is 9.59 Å². The summed E-state index contributed by atoms with van der Waals surface area (Å²) in [6, 6.07) is -2.09. The summed E-state index contributed by atoms with van der Waals surface area (Å²) in [5.74, 6) is -2.31. The lowest BCUT2D eigenvalue weighted by molar-refractivity contribution is -0.142. The van der Waals surface area contributed by atoms with E-state index in [1.807, 2.05) is 0 Å². The van der Waals surface area contributed by atoms with E-state index in [9.17, 15) is 9.59 Å². The number of rotatable bonds is 9. The van der Waals surface area contributed by atoms with E-state index in [2.05, 4.69) is 5.43 Å². The molecule has 0 unspecified atom stereocenters. The Hall–Kier alpha value is -1.18. The molecule has 0 aliphatic carbocycles. The average molecular weight is 234 g/mol. The molecule has 2 atom stereocenters. The minimum absolute atomic E-state index is 0.245. The van der Waals surface area contributed by atoms with Crippen molar-refractivity contribution < 1.29 is 21.2 Å². The number of carboxylic acid groups (broad SMARTS) is 2. The van der Waals surface area contributed by atoms with Gasteiger partial charge in [0.25, 0.3) is 0 Å². The van der Waals surface area contributed by atoms with E-state index < -0.39 is 24.0 Å². The first-order chi connectivity index (χ1) is 7.90. The first-order valence-electron chi connectivity index (χ1n) is 5.54. The summed E-state index contributed by atoms with van der Waals surface area (Å²) in [6.45, 7) is 1.80. The minimum Gasteiger partial charge on any atom is -0.480 e. The van der Waals surface area contributed by atoms with Crippen LogP contribution in [0.2, 0.25) is 1.41 Å². The van der Waals surface area contributed by atoms with Crippen LogP contribution in [-0.4, -0.2) is 40.8 Å². The van der Waals surface area contributed by atoms with Gasteiger partial charge in [0.1, 0.15) is 13.5 Å². The zero-order valence-electron chi connectivity index (χ0n) is 10.2. The summed E-state index contributed by atoms with van der Waals surface area (Å²) < 4.78 is 7.47. The van der Waals surface area contributed by atoms with Crippen molar-refractivity contribution in [1.29, 1.82) is 0 Å². The lowest BCUT2D eigenvalue weighted by Crippen LogP contribution is -2.51. The number of nitrogens with one attached hydrogen (secondary N) is 2. The second-order valence-electron chi connectivity index (χ2n) is 3.46. The highest BCUT2D eigenvalue weighted by Gasteiger charge is 2.18. The molecule has 0 spiro atoms. The molecule has 0 aromatic carbocycles. The van der Waals surface area contributed by atoms with Gasteiger partial charge in [-0.1, -0.05) is 0 Å². The van der Waals surface area contributed by atoms with Gasteiger partial charge >= 0.3 is 11.9 Å². The second kappa shape index (κ2) is 8.03. The predicted molar refractivity (Wildman–Crippen MR) is 57.7 cm³/mol. The predicted octanol–water partition coefficient (Wildman–Crippen LogP) is -0.864. The minimum atomic E-state index is -1.16. The van der Waals surface area contributed by atoms with Crippen molar-refractivity contribution in [2.45, 2.75) is 38.3 Å². The molecule has 0 radical (unpaired) electrons. The van der Waals surface area contributed by atoms with Crippen molar-refractivity contribution in [3.63, 3.8) is 0 Å². The maximum Gasteiger partial charge on any atom is 0.322 e. The number of hydrazine groups is 1. The summed E-state index contributed by atoms with van der Waals surface area (Å²) in [6.07, 6.45) is 1.49. The van der Waals surface area contributed by atoms with Gasteiger partial charge in [0.05, 0.1) is 0 Å². The molecule has 0 heterocycles. The highest BCUT2D eigenvalue weighted by atomic mass is 16.4. The topological polar surface area (TPSA) is 125 Å². The Labute approximate surface area is 95.4 Å². The smallest absolute Gasteiger partial charge is 0.322 e. The quantitative estimate of drug-likeness (QED) is 0.259. The molecule has 6 N–H and O–H groups in total. The molecular weight excluding hydrogens is 214 g/mol. The van der Waals surface area contributed by atoms with Crippen molar-refractivity contribution in [2.24, 2.45) is 5.73 Å². The van der Waals surface area contributed by atoms with E-state index in [1.165, 1.54) is 6.92 Å². The molecule has 0 aromatic heterocycles. The van der Waals surface area contributed by atoms with Crippen LogP contribution in [0.15, 0.2) is 0 Å². The van der Waals surface area contributed by atoms with Crippen LogP contribution in [0, 0.1) is 0 Å². The molecule has 16 heavy (non-hydrogen) atoms. The van der Waals surface area contributed by atoms with Gasteiger partial charge in [0, 0.05) is 0 Å². The first-order valence-corrected chi connectivity index (χ1v) is 5.10. The number of hydrogen-bond acceptors (Lipinski definition) is 5. The lowest BCUT2D eigenvalue weighted by atomic mass is 10.1. The Kier molecular flexibility index (Phi) is 6.47. The number of hydrogen-bond donors (Lipinski definition) is 5. The molecule has 0 saturated carbocycles. The first kappa shape index (κ1) is 12.9. The highest BCUT2D eigenvalue weighted by molar-refractivity contribution is 5.74. The summed E-state index contributed by atoms with van der Waals surface area (Å²) >= 11 is 0. The van der Waals surface area contributed by atoms with Gasteiger partial charge < -0.3 is 15.9 Å². The zero-order valence-corrected chi connectivity index (χ0v) is 9.22. The third-order valence-corrected chi connectivity index (χ3v) is 2.01. The zero-order chi connectivity index (χ0) is 13.4. The molecule has 0 rings (SSSR count).